The van der Waals surface area contributed by atoms with Crippen molar-refractivity contribution in [3.05, 3.63) is 11.9 Å². The molecule has 88 valence electrons. The molecule has 0 aromatic carbocycles. The first-order valence-corrected chi connectivity index (χ1v) is 5.04. The lowest BCUT2D eigenvalue weighted by atomic mass is 10.2. The Kier molecular flexibility index (Phi) is 3.65. The Balaban J connectivity index is 2.99. The van der Waals surface area contributed by atoms with Gasteiger partial charge in [-0.3, -0.25) is 4.79 Å². The number of aromatic nitrogens is 2. The van der Waals surface area contributed by atoms with Gasteiger partial charge in [-0.25, -0.2) is 9.97 Å². The number of carbonyl (C=O) groups excluding carboxylic acids is 1. The van der Waals surface area contributed by atoms with Gasteiger partial charge in [-0.1, -0.05) is 13.8 Å². The van der Waals surface area contributed by atoms with Crippen molar-refractivity contribution in [3.8, 4) is 0 Å². The monoisotopic (exact) mass is 223 g/mol. The van der Waals surface area contributed by atoms with Crippen LogP contribution in [0.25, 0.3) is 0 Å². The molecular weight excluding hydrogens is 206 g/mol. The number of amides is 1. The third-order valence-corrected chi connectivity index (χ3v) is 2.05. The van der Waals surface area contributed by atoms with Crippen molar-refractivity contribution in [1.29, 1.82) is 0 Å². The SMILES string of the molecule is CC(C)c1nc(N)cc(N(C)CC(N)=O)n1. The van der Waals surface area contributed by atoms with Gasteiger partial charge in [0.2, 0.25) is 5.91 Å². The first kappa shape index (κ1) is 12.2. The molecule has 6 nitrogen and oxygen atoms in total. The molecule has 0 bridgehead atoms. The number of hydrogen-bond acceptors (Lipinski definition) is 5. The quantitative estimate of drug-likeness (QED) is 0.754. The number of nitrogen functional groups attached to an aromatic ring is 1. The van der Waals surface area contributed by atoms with E-state index in [9.17, 15) is 4.79 Å². The average molecular weight is 223 g/mol. The van der Waals surface area contributed by atoms with E-state index >= 15 is 0 Å². The van der Waals surface area contributed by atoms with Gasteiger partial charge in [0.1, 0.15) is 17.5 Å². The standard InChI is InChI=1S/C10H17N5O/c1-6(2)10-13-7(11)4-9(14-10)15(3)5-8(12)16/h4,6H,5H2,1-3H3,(H2,12,16)(H2,11,13,14). The number of likely N-dealkylation sites (N-methyl/N-ethyl adjacent to an activating group) is 1. The fraction of sp³-hybridized carbons (Fsp3) is 0.500. The number of nitrogens with zero attached hydrogens (tertiary/aromatic N) is 3. The van der Waals surface area contributed by atoms with E-state index in [1.54, 1.807) is 18.0 Å². The summed E-state index contributed by atoms with van der Waals surface area (Å²) in [6.07, 6.45) is 0. The molecule has 0 saturated carbocycles. The summed E-state index contributed by atoms with van der Waals surface area (Å²) < 4.78 is 0. The Bertz CT molecular complexity index is 391. The fourth-order valence-electron chi connectivity index (χ4n) is 1.24. The molecule has 1 rings (SSSR count). The van der Waals surface area contributed by atoms with Crippen LogP contribution in [-0.2, 0) is 4.79 Å². The molecule has 1 aromatic heterocycles. The Labute approximate surface area is 94.7 Å². The lowest BCUT2D eigenvalue weighted by Crippen LogP contribution is -2.31. The molecule has 0 aliphatic carbocycles. The van der Waals surface area contributed by atoms with E-state index < -0.39 is 5.91 Å². The number of hydrogen-bond donors (Lipinski definition) is 2. The van der Waals surface area contributed by atoms with Crippen molar-refractivity contribution in [3.63, 3.8) is 0 Å². The maximum atomic E-state index is 10.8. The Morgan fingerprint density at radius 1 is 1.50 bits per heavy atom. The highest BCUT2D eigenvalue weighted by molar-refractivity contribution is 5.79. The summed E-state index contributed by atoms with van der Waals surface area (Å²) in [5, 5.41) is 0. The lowest BCUT2D eigenvalue weighted by Gasteiger charge is -2.17. The molecular formula is C10H17N5O. The van der Waals surface area contributed by atoms with Gasteiger partial charge >= 0.3 is 0 Å². The van der Waals surface area contributed by atoms with Gasteiger partial charge in [-0.05, 0) is 0 Å². The van der Waals surface area contributed by atoms with Crippen LogP contribution in [0.1, 0.15) is 25.6 Å². The van der Waals surface area contributed by atoms with E-state index in [0.717, 1.165) is 0 Å². The molecule has 0 radical (unpaired) electrons. The highest BCUT2D eigenvalue weighted by atomic mass is 16.1. The number of primary amides is 1. The van der Waals surface area contributed by atoms with Gasteiger partial charge < -0.3 is 16.4 Å². The first-order valence-electron chi connectivity index (χ1n) is 5.04. The largest absolute Gasteiger partial charge is 0.384 e. The van der Waals surface area contributed by atoms with E-state index in [-0.39, 0.29) is 12.5 Å². The zero-order chi connectivity index (χ0) is 12.3. The number of nitrogens with two attached hydrogens (primary N) is 2. The summed E-state index contributed by atoms with van der Waals surface area (Å²) in [6, 6.07) is 1.62. The van der Waals surface area contributed by atoms with Gasteiger partial charge in [0.15, 0.2) is 0 Å². The van der Waals surface area contributed by atoms with E-state index in [0.29, 0.717) is 17.5 Å². The highest BCUT2D eigenvalue weighted by Crippen LogP contribution is 2.17. The summed E-state index contributed by atoms with van der Waals surface area (Å²) in [5.41, 5.74) is 10.8. The third-order valence-electron chi connectivity index (χ3n) is 2.05. The van der Waals surface area contributed by atoms with E-state index in [1.807, 2.05) is 13.8 Å². The molecule has 16 heavy (non-hydrogen) atoms. The smallest absolute Gasteiger partial charge is 0.236 e. The van der Waals surface area contributed by atoms with Gasteiger partial charge in [-0.2, -0.15) is 0 Å². The van der Waals surface area contributed by atoms with Crippen LogP contribution in [0.3, 0.4) is 0 Å². The minimum Gasteiger partial charge on any atom is -0.384 e. The van der Waals surface area contributed by atoms with Crippen molar-refractivity contribution in [1.82, 2.24) is 9.97 Å². The number of carbonyl (C=O) groups is 1. The highest BCUT2D eigenvalue weighted by Gasteiger charge is 2.10. The van der Waals surface area contributed by atoms with Crippen molar-refractivity contribution < 1.29 is 4.79 Å². The first-order chi connectivity index (χ1) is 7.40. The second-order valence-electron chi connectivity index (χ2n) is 3.99. The molecule has 0 fully saturated rings. The minimum atomic E-state index is -0.411. The summed E-state index contributed by atoms with van der Waals surface area (Å²) in [7, 11) is 1.73. The van der Waals surface area contributed by atoms with E-state index in [2.05, 4.69) is 9.97 Å². The van der Waals surface area contributed by atoms with Crippen molar-refractivity contribution >= 4 is 17.5 Å². The third kappa shape index (κ3) is 3.08. The van der Waals surface area contributed by atoms with Crippen LogP contribution < -0.4 is 16.4 Å². The number of anilines is 2. The van der Waals surface area contributed by atoms with Crippen LogP contribution in [0.5, 0.6) is 0 Å². The second kappa shape index (κ2) is 4.78. The maximum Gasteiger partial charge on any atom is 0.236 e. The molecule has 6 heteroatoms. The number of rotatable bonds is 4. The van der Waals surface area contributed by atoms with Crippen LogP contribution in [-0.4, -0.2) is 29.5 Å². The van der Waals surface area contributed by atoms with Crippen LogP contribution in [0.2, 0.25) is 0 Å². The van der Waals surface area contributed by atoms with Crippen LogP contribution in [0, 0.1) is 0 Å². The van der Waals surface area contributed by atoms with Crippen molar-refractivity contribution in [2.24, 2.45) is 5.73 Å². The van der Waals surface area contributed by atoms with Gasteiger partial charge in [0.05, 0.1) is 6.54 Å². The fourth-order valence-corrected chi connectivity index (χ4v) is 1.24. The molecule has 0 aliphatic heterocycles. The molecule has 0 aliphatic rings. The molecule has 4 N–H and O–H groups in total. The molecule has 1 aromatic rings. The van der Waals surface area contributed by atoms with E-state index in [4.69, 9.17) is 11.5 Å². The Hall–Kier alpha value is -1.85. The Morgan fingerprint density at radius 2 is 2.12 bits per heavy atom. The molecule has 1 heterocycles. The predicted octanol–water partition coefficient (Wildman–Crippen LogP) is 0.104. The average Bonchev–Trinajstić information content (AvgIpc) is 2.15. The van der Waals surface area contributed by atoms with Gasteiger partial charge in [-0.15, -0.1) is 0 Å². The maximum absolute atomic E-state index is 10.8. The molecule has 0 saturated heterocycles. The molecule has 0 spiro atoms. The molecule has 1 amide bonds. The van der Waals surface area contributed by atoms with Gasteiger partial charge in [0.25, 0.3) is 0 Å². The van der Waals surface area contributed by atoms with Crippen LogP contribution in [0.15, 0.2) is 6.07 Å². The zero-order valence-electron chi connectivity index (χ0n) is 9.77. The van der Waals surface area contributed by atoms with Crippen molar-refractivity contribution in [2.45, 2.75) is 19.8 Å². The van der Waals surface area contributed by atoms with Crippen LogP contribution in [0.4, 0.5) is 11.6 Å². The Morgan fingerprint density at radius 3 is 2.62 bits per heavy atom. The lowest BCUT2D eigenvalue weighted by molar-refractivity contribution is -0.116. The zero-order valence-corrected chi connectivity index (χ0v) is 9.77. The molecule has 0 unspecified atom stereocenters. The molecule has 0 atom stereocenters. The second-order valence-corrected chi connectivity index (χ2v) is 3.99. The van der Waals surface area contributed by atoms with Crippen molar-refractivity contribution in [2.75, 3.05) is 24.2 Å². The van der Waals surface area contributed by atoms with Gasteiger partial charge in [0, 0.05) is 19.0 Å². The topological polar surface area (TPSA) is 98.1 Å². The predicted molar refractivity (Wildman–Crippen MR) is 63.0 cm³/mol. The van der Waals surface area contributed by atoms with Crippen LogP contribution >= 0.6 is 0 Å². The summed E-state index contributed by atoms with van der Waals surface area (Å²) >= 11 is 0. The normalized spacial score (nSPS) is 10.5. The summed E-state index contributed by atoms with van der Waals surface area (Å²) in [4.78, 5) is 20.9. The summed E-state index contributed by atoms with van der Waals surface area (Å²) in [6.45, 7) is 4.06. The summed E-state index contributed by atoms with van der Waals surface area (Å²) in [5.74, 6) is 1.43. The minimum absolute atomic E-state index is 0.105. The van der Waals surface area contributed by atoms with E-state index in [1.165, 1.54) is 0 Å².